The molecule has 2 aromatic heterocycles. The van der Waals surface area contributed by atoms with E-state index in [1.54, 1.807) is 0 Å². The summed E-state index contributed by atoms with van der Waals surface area (Å²) in [6.45, 7) is 0.639. The van der Waals surface area contributed by atoms with E-state index in [9.17, 15) is 9.90 Å². The number of carbonyl (C=O) groups is 1. The number of amides is 1. The van der Waals surface area contributed by atoms with Crippen LogP contribution in [0.1, 0.15) is 36.0 Å². The number of fused-ring (bicyclic) bond motifs is 2. The highest BCUT2D eigenvalue weighted by Crippen LogP contribution is 2.31. The Labute approximate surface area is 194 Å². The highest BCUT2D eigenvalue weighted by molar-refractivity contribution is 7.22. The van der Waals surface area contributed by atoms with Gasteiger partial charge in [0.15, 0.2) is 5.13 Å². The molecule has 0 atom stereocenters. The third-order valence-electron chi connectivity index (χ3n) is 6.08. The summed E-state index contributed by atoms with van der Waals surface area (Å²) in [5, 5.41) is 17.4. The van der Waals surface area contributed by atoms with Crippen LogP contribution in [0.3, 0.4) is 0 Å². The van der Waals surface area contributed by atoms with Crippen molar-refractivity contribution in [2.24, 2.45) is 13.0 Å². The number of benzene rings is 2. The fraction of sp³-hybridized carbons (Fsp3) is 0.348. The van der Waals surface area contributed by atoms with Gasteiger partial charge >= 0.3 is 0 Å². The van der Waals surface area contributed by atoms with Gasteiger partial charge < -0.3 is 20.3 Å². The molecule has 0 spiro atoms. The largest absolute Gasteiger partial charge is 0.393 e. The molecule has 5 rings (SSSR count). The number of hydrogen-bond acceptors (Lipinski definition) is 6. The molecule has 7 nitrogen and oxygen atoms in total. The van der Waals surface area contributed by atoms with Crippen LogP contribution >= 0.6 is 22.9 Å². The van der Waals surface area contributed by atoms with Crippen molar-refractivity contribution >= 4 is 61.2 Å². The van der Waals surface area contributed by atoms with Crippen LogP contribution in [-0.2, 0) is 7.05 Å². The lowest BCUT2D eigenvalue weighted by molar-refractivity contribution is 0.0910. The number of nitrogens with one attached hydrogen (secondary N) is 2. The maximum absolute atomic E-state index is 12.7. The molecule has 9 heteroatoms. The number of aliphatic hydroxyl groups excluding tert-OH is 1. The van der Waals surface area contributed by atoms with Crippen molar-refractivity contribution in [2.45, 2.75) is 31.8 Å². The molecule has 1 aliphatic rings. The quantitative estimate of drug-likeness (QED) is 0.388. The fourth-order valence-corrected chi connectivity index (χ4v) is 5.32. The van der Waals surface area contributed by atoms with Gasteiger partial charge in [-0.1, -0.05) is 22.9 Å². The van der Waals surface area contributed by atoms with Gasteiger partial charge in [0, 0.05) is 24.2 Å². The molecule has 2 aromatic carbocycles. The molecule has 2 heterocycles. The Bertz CT molecular complexity index is 1290. The SMILES string of the molecule is Cn1c(Nc2nc3ccc(Cl)cc3s2)nc2cc(C(=O)NC[C@H]3CC[C@H](O)CC3)ccc21. The summed E-state index contributed by atoms with van der Waals surface area (Å²) in [4.78, 5) is 22.0. The average Bonchev–Trinajstić information content (AvgIpc) is 3.32. The topological polar surface area (TPSA) is 92.1 Å². The zero-order valence-electron chi connectivity index (χ0n) is 17.6. The number of aromatic nitrogens is 3. The second-order valence-electron chi connectivity index (χ2n) is 8.34. The zero-order valence-corrected chi connectivity index (χ0v) is 19.2. The van der Waals surface area contributed by atoms with Crippen LogP contribution in [0.15, 0.2) is 36.4 Å². The van der Waals surface area contributed by atoms with Crippen molar-refractivity contribution in [3.63, 3.8) is 0 Å². The molecular weight excluding hydrogens is 446 g/mol. The third-order valence-corrected chi connectivity index (χ3v) is 7.25. The number of aryl methyl sites for hydroxylation is 1. The van der Waals surface area contributed by atoms with Crippen LogP contribution in [0, 0.1) is 5.92 Å². The molecule has 1 fully saturated rings. The number of imidazole rings is 1. The Hall–Kier alpha value is -2.68. The molecule has 0 saturated heterocycles. The van der Waals surface area contributed by atoms with Gasteiger partial charge in [0.05, 0.1) is 27.4 Å². The number of halogens is 1. The van der Waals surface area contributed by atoms with Crippen LogP contribution in [0.2, 0.25) is 5.02 Å². The smallest absolute Gasteiger partial charge is 0.251 e. The Balaban J connectivity index is 1.31. The van der Waals surface area contributed by atoms with E-state index < -0.39 is 0 Å². The number of aliphatic hydroxyl groups is 1. The van der Waals surface area contributed by atoms with Crippen LogP contribution in [-0.4, -0.2) is 38.2 Å². The standard InChI is InChI=1S/C23H24ClN5O2S/c1-29-19-9-4-14(21(31)25-12-13-2-6-16(30)7-3-13)10-18(19)26-22(29)28-23-27-17-8-5-15(24)11-20(17)32-23/h4-5,8-11,13,16,30H,2-3,6-7,12H2,1H3,(H,25,31)(H,26,27,28)/t13-,16-. The molecule has 0 unspecified atom stereocenters. The Kier molecular flexibility index (Phi) is 5.75. The summed E-state index contributed by atoms with van der Waals surface area (Å²) in [5.41, 5.74) is 3.14. The first-order valence-corrected chi connectivity index (χ1v) is 11.9. The van der Waals surface area contributed by atoms with Gasteiger partial charge in [0.25, 0.3) is 5.91 Å². The van der Waals surface area contributed by atoms with E-state index in [4.69, 9.17) is 11.6 Å². The number of hydrogen-bond donors (Lipinski definition) is 3. The van der Waals surface area contributed by atoms with E-state index in [2.05, 4.69) is 20.6 Å². The van der Waals surface area contributed by atoms with E-state index in [1.807, 2.05) is 48.0 Å². The average molecular weight is 470 g/mol. The molecule has 0 radical (unpaired) electrons. The number of nitrogens with zero attached hydrogens (tertiary/aromatic N) is 3. The van der Waals surface area contributed by atoms with Gasteiger partial charge in [0.1, 0.15) is 0 Å². The van der Waals surface area contributed by atoms with Crippen molar-refractivity contribution in [2.75, 3.05) is 11.9 Å². The van der Waals surface area contributed by atoms with Gasteiger partial charge in [0.2, 0.25) is 5.95 Å². The lowest BCUT2D eigenvalue weighted by Crippen LogP contribution is -2.32. The monoisotopic (exact) mass is 469 g/mol. The fourth-order valence-electron chi connectivity index (χ4n) is 4.19. The van der Waals surface area contributed by atoms with Crippen molar-refractivity contribution in [3.8, 4) is 0 Å². The second kappa shape index (κ2) is 8.69. The molecule has 4 aromatic rings. The highest BCUT2D eigenvalue weighted by Gasteiger charge is 2.20. The third kappa shape index (κ3) is 4.30. The predicted molar refractivity (Wildman–Crippen MR) is 129 cm³/mol. The molecule has 1 saturated carbocycles. The molecule has 3 N–H and O–H groups in total. The summed E-state index contributed by atoms with van der Waals surface area (Å²) in [6.07, 6.45) is 3.36. The molecule has 166 valence electrons. The zero-order chi connectivity index (χ0) is 22.2. The molecule has 0 bridgehead atoms. The minimum atomic E-state index is -0.183. The van der Waals surface area contributed by atoms with E-state index >= 15 is 0 Å². The molecule has 0 aliphatic heterocycles. The summed E-state index contributed by atoms with van der Waals surface area (Å²) in [6, 6.07) is 11.2. The van der Waals surface area contributed by atoms with Crippen molar-refractivity contribution in [1.82, 2.24) is 19.9 Å². The van der Waals surface area contributed by atoms with Gasteiger partial charge in [-0.2, -0.15) is 0 Å². The Morgan fingerprint density at radius 3 is 2.78 bits per heavy atom. The first-order chi connectivity index (χ1) is 15.5. The maximum atomic E-state index is 12.7. The number of anilines is 2. The second-order valence-corrected chi connectivity index (χ2v) is 9.81. The minimum absolute atomic E-state index is 0.0961. The number of carbonyl (C=O) groups excluding carboxylic acids is 1. The Morgan fingerprint density at radius 2 is 1.97 bits per heavy atom. The van der Waals surface area contributed by atoms with E-state index in [0.29, 0.717) is 29.0 Å². The van der Waals surface area contributed by atoms with E-state index in [1.165, 1.54) is 11.3 Å². The minimum Gasteiger partial charge on any atom is -0.393 e. The van der Waals surface area contributed by atoms with Crippen LogP contribution < -0.4 is 10.6 Å². The van der Waals surface area contributed by atoms with Crippen molar-refractivity contribution < 1.29 is 9.90 Å². The molecule has 32 heavy (non-hydrogen) atoms. The number of thiazole rings is 1. The molecule has 1 aliphatic carbocycles. The predicted octanol–water partition coefficient (Wildman–Crippen LogP) is 4.86. The summed E-state index contributed by atoms with van der Waals surface area (Å²) in [5.74, 6) is 0.991. The van der Waals surface area contributed by atoms with Gasteiger partial charge in [-0.15, -0.1) is 0 Å². The molecular formula is C23H24ClN5O2S. The lowest BCUT2D eigenvalue weighted by atomic mass is 9.87. The Morgan fingerprint density at radius 1 is 1.16 bits per heavy atom. The first kappa shape index (κ1) is 21.2. The van der Waals surface area contributed by atoms with Crippen molar-refractivity contribution in [3.05, 3.63) is 47.0 Å². The summed E-state index contributed by atoms with van der Waals surface area (Å²) >= 11 is 7.59. The van der Waals surface area contributed by atoms with E-state index in [-0.39, 0.29) is 12.0 Å². The van der Waals surface area contributed by atoms with Gasteiger partial charge in [-0.25, -0.2) is 9.97 Å². The summed E-state index contributed by atoms with van der Waals surface area (Å²) < 4.78 is 2.95. The maximum Gasteiger partial charge on any atom is 0.251 e. The summed E-state index contributed by atoms with van der Waals surface area (Å²) in [7, 11) is 1.93. The van der Waals surface area contributed by atoms with Gasteiger partial charge in [-0.3, -0.25) is 4.79 Å². The van der Waals surface area contributed by atoms with Crippen LogP contribution in [0.4, 0.5) is 11.1 Å². The van der Waals surface area contributed by atoms with E-state index in [0.717, 1.165) is 52.1 Å². The number of rotatable bonds is 5. The highest BCUT2D eigenvalue weighted by atomic mass is 35.5. The lowest BCUT2D eigenvalue weighted by Gasteiger charge is -2.25. The first-order valence-electron chi connectivity index (χ1n) is 10.7. The van der Waals surface area contributed by atoms with Crippen LogP contribution in [0.25, 0.3) is 21.3 Å². The molecule has 1 amide bonds. The van der Waals surface area contributed by atoms with Crippen LogP contribution in [0.5, 0.6) is 0 Å². The van der Waals surface area contributed by atoms with Gasteiger partial charge in [-0.05, 0) is 68.0 Å². The normalized spacial score (nSPS) is 18.8. The van der Waals surface area contributed by atoms with Crippen molar-refractivity contribution in [1.29, 1.82) is 0 Å².